The first-order valence-corrected chi connectivity index (χ1v) is 3.92. The first kappa shape index (κ1) is 10.7. The van der Waals surface area contributed by atoms with Crippen molar-refractivity contribution in [1.29, 1.82) is 5.26 Å². The molecule has 0 fully saturated rings. The van der Waals surface area contributed by atoms with Gasteiger partial charge in [0.05, 0.1) is 11.6 Å². The summed E-state index contributed by atoms with van der Waals surface area (Å²) in [6.07, 6.45) is 0. The number of benzene rings is 1. The van der Waals surface area contributed by atoms with Gasteiger partial charge in [-0.1, -0.05) is 12.1 Å². The lowest BCUT2D eigenvalue weighted by molar-refractivity contribution is -0.516. The van der Waals surface area contributed by atoms with Gasteiger partial charge in [0.2, 0.25) is 0 Å². The minimum atomic E-state index is -1.78. The SMILES string of the molecule is N#Cc1ccc(C(C(=O)O)[N+](=O)[O-])cc1. The third kappa shape index (κ3) is 2.28. The van der Waals surface area contributed by atoms with Crippen LogP contribution in [0.5, 0.6) is 0 Å². The van der Waals surface area contributed by atoms with Crippen molar-refractivity contribution in [3.05, 3.63) is 45.5 Å². The van der Waals surface area contributed by atoms with Crippen LogP contribution < -0.4 is 0 Å². The number of aliphatic carboxylic acids is 1. The molecule has 0 aliphatic carbocycles. The second-order valence-corrected chi connectivity index (χ2v) is 2.76. The van der Waals surface area contributed by atoms with Crippen LogP contribution in [0.25, 0.3) is 0 Å². The summed E-state index contributed by atoms with van der Waals surface area (Å²) >= 11 is 0. The van der Waals surface area contributed by atoms with E-state index in [0.29, 0.717) is 5.56 Å². The van der Waals surface area contributed by atoms with Gasteiger partial charge in [-0.2, -0.15) is 5.26 Å². The van der Waals surface area contributed by atoms with Crippen LogP contribution in [0.4, 0.5) is 0 Å². The van der Waals surface area contributed by atoms with E-state index < -0.39 is 16.9 Å². The van der Waals surface area contributed by atoms with E-state index in [4.69, 9.17) is 10.4 Å². The summed E-state index contributed by atoms with van der Waals surface area (Å²) in [6.45, 7) is 0. The fourth-order valence-corrected chi connectivity index (χ4v) is 1.09. The van der Waals surface area contributed by atoms with Crippen LogP contribution in [0.3, 0.4) is 0 Å². The van der Waals surface area contributed by atoms with Crippen molar-refractivity contribution in [2.24, 2.45) is 0 Å². The molecule has 1 unspecified atom stereocenters. The maximum absolute atomic E-state index is 10.6. The fourth-order valence-electron chi connectivity index (χ4n) is 1.09. The van der Waals surface area contributed by atoms with Gasteiger partial charge in [0.1, 0.15) is 0 Å². The third-order valence-corrected chi connectivity index (χ3v) is 1.80. The summed E-state index contributed by atoms with van der Waals surface area (Å²) in [5, 5.41) is 27.6. The maximum atomic E-state index is 10.6. The number of nitrogens with zero attached hydrogens (tertiary/aromatic N) is 2. The highest BCUT2D eigenvalue weighted by Crippen LogP contribution is 2.17. The van der Waals surface area contributed by atoms with E-state index in [1.807, 2.05) is 6.07 Å². The van der Waals surface area contributed by atoms with Crippen LogP contribution in [0.2, 0.25) is 0 Å². The highest BCUT2D eigenvalue weighted by atomic mass is 16.6. The molecule has 1 aromatic rings. The van der Waals surface area contributed by atoms with Gasteiger partial charge in [-0.05, 0) is 12.1 Å². The summed E-state index contributed by atoms with van der Waals surface area (Å²) in [6, 6.07) is 5.27. The van der Waals surface area contributed by atoms with Gasteiger partial charge >= 0.3 is 12.0 Å². The zero-order valence-electron chi connectivity index (χ0n) is 7.45. The average molecular weight is 206 g/mol. The number of nitro groups is 1. The van der Waals surface area contributed by atoms with Gasteiger partial charge < -0.3 is 5.11 Å². The molecule has 0 aliphatic heterocycles. The Hall–Kier alpha value is -2.42. The molecule has 15 heavy (non-hydrogen) atoms. The van der Waals surface area contributed by atoms with Crippen LogP contribution in [-0.4, -0.2) is 16.0 Å². The number of rotatable bonds is 3. The molecule has 6 heteroatoms. The van der Waals surface area contributed by atoms with E-state index in [1.165, 1.54) is 24.3 Å². The second kappa shape index (κ2) is 4.19. The molecule has 1 N–H and O–H groups in total. The molecule has 0 amide bonds. The van der Waals surface area contributed by atoms with E-state index in [1.54, 1.807) is 0 Å². The lowest BCUT2D eigenvalue weighted by Gasteiger charge is -2.03. The minimum absolute atomic E-state index is 0.0477. The largest absolute Gasteiger partial charge is 0.476 e. The predicted octanol–water partition coefficient (Wildman–Crippen LogP) is 0.961. The summed E-state index contributed by atoms with van der Waals surface area (Å²) in [5.41, 5.74) is 0.373. The molecule has 0 aromatic heterocycles. The molecular weight excluding hydrogens is 200 g/mol. The van der Waals surface area contributed by atoms with Gasteiger partial charge in [-0.3, -0.25) is 10.1 Å². The number of carbonyl (C=O) groups is 1. The molecule has 1 aromatic carbocycles. The molecule has 0 heterocycles. The second-order valence-electron chi connectivity index (χ2n) is 2.76. The Labute approximate surface area is 84.5 Å². The molecule has 0 saturated carbocycles. The first-order chi connectivity index (χ1) is 7.06. The Bertz CT molecular complexity index is 418. The predicted molar refractivity (Wildman–Crippen MR) is 48.5 cm³/mol. The molecule has 0 aliphatic rings. The van der Waals surface area contributed by atoms with Crippen molar-refractivity contribution in [3.8, 4) is 6.07 Å². The monoisotopic (exact) mass is 206 g/mol. The fraction of sp³-hybridized carbons (Fsp3) is 0.111. The van der Waals surface area contributed by atoms with Crippen LogP contribution in [0.15, 0.2) is 24.3 Å². The Morgan fingerprint density at radius 2 is 2.00 bits per heavy atom. The van der Waals surface area contributed by atoms with Crippen molar-refractivity contribution in [1.82, 2.24) is 0 Å². The Morgan fingerprint density at radius 1 is 1.47 bits per heavy atom. The van der Waals surface area contributed by atoms with Crippen molar-refractivity contribution < 1.29 is 14.8 Å². The van der Waals surface area contributed by atoms with Crippen molar-refractivity contribution in [2.45, 2.75) is 6.04 Å². The normalized spacial score (nSPS) is 11.4. The summed E-state index contributed by atoms with van der Waals surface area (Å²) in [4.78, 5) is 20.2. The van der Waals surface area contributed by atoms with Crippen molar-refractivity contribution >= 4 is 5.97 Å². The van der Waals surface area contributed by atoms with Gasteiger partial charge in [-0.25, -0.2) is 4.79 Å². The number of hydrogen-bond acceptors (Lipinski definition) is 4. The minimum Gasteiger partial charge on any atom is -0.476 e. The van der Waals surface area contributed by atoms with Crippen LogP contribution >= 0.6 is 0 Å². The zero-order valence-corrected chi connectivity index (χ0v) is 7.45. The van der Waals surface area contributed by atoms with E-state index in [-0.39, 0.29) is 5.56 Å². The summed E-state index contributed by atoms with van der Waals surface area (Å²) < 4.78 is 0. The number of carboxylic acids is 1. The lowest BCUT2D eigenvalue weighted by atomic mass is 10.1. The molecular formula is C9H6N2O4. The molecule has 76 valence electrons. The van der Waals surface area contributed by atoms with Crippen LogP contribution in [0, 0.1) is 21.4 Å². The highest BCUT2D eigenvalue weighted by molar-refractivity contribution is 5.74. The van der Waals surface area contributed by atoms with Crippen molar-refractivity contribution in [3.63, 3.8) is 0 Å². The van der Waals surface area contributed by atoms with Crippen LogP contribution in [-0.2, 0) is 4.79 Å². The molecule has 6 nitrogen and oxygen atoms in total. The van der Waals surface area contributed by atoms with Crippen molar-refractivity contribution in [2.75, 3.05) is 0 Å². The average Bonchev–Trinajstić information content (AvgIpc) is 2.18. The summed E-state index contributed by atoms with van der Waals surface area (Å²) in [7, 11) is 0. The number of nitriles is 1. The van der Waals surface area contributed by atoms with E-state index in [2.05, 4.69) is 0 Å². The van der Waals surface area contributed by atoms with E-state index in [9.17, 15) is 14.9 Å². The Balaban J connectivity index is 3.09. The van der Waals surface area contributed by atoms with Gasteiger partial charge in [-0.15, -0.1) is 0 Å². The van der Waals surface area contributed by atoms with E-state index in [0.717, 1.165) is 0 Å². The molecule has 0 bridgehead atoms. The quantitative estimate of drug-likeness (QED) is 0.585. The number of carboxylic acid groups (broad SMARTS) is 1. The Morgan fingerprint density at radius 3 is 2.33 bits per heavy atom. The molecule has 0 radical (unpaired) electrons. The highest BCUT2D eigenvalue weighted by Gasteiger charge is 2.31. The smallest absolute Gasteiger partial charge is 0.384 e. The first-order valence-electron chi connectivity index (χ1n) is 3.92. The van der Waals surface area contributed by atoms with Gasteiger partial charge in [0.15, 0.2) is 0 Å². The van der Waals surface area contributed by atoms with Gasteiger partial charge in [0, 0.05) is 10.5 Å². The lowest BCUT2D eigenvalue weighted by Crippen LogP contribution is -2.20. The molecule has 1 rings (SSSR count). The molecule has 1 atom stereocenters. The number of hydrogen-bond donors (Lipinski definition) is 1. The molecule has 0 saturated heterocycles. The zero-order chi connectivity index (χ0) is 11.4. The topological polar surface area (TPSA) is 104 Å². The maximum Gasteiger partial charge on any atom is 0.384 e. The molecule has 0 spiro atoms. The Kier molecular flexibility index (Phi) is 2.98. The van der Waals surface area contributed by atoms with Gasteiger partial charge in [0.25, 0.3) is 0 Å². The summed E-state index contributed by atoms with van der Waals surface area (Å²) in [5.74, 6) is -1.52. The standard InChI is InChI=1S/C9H6N2O4/c10-5-6-1-3-7(4-2-6)8(9(12)13)11(14)15/h1-4,8H,(H,12,13). The van der Waals surface area contributed by atoms with Crippen LogP contribution in [0.1, 0.15) is 17.2 Å². The third-order valence-electron chi connectivity index (χ3n) is 1.80. The van der Waals surface area contributed by atoms with E-state index >= 15 is 0 Å².